The van der Waals surface area contributed by atoms with Crippen LogP contribution in [-0.2, 0) is 4.79 Å². The van der Waals surface area contributed by atoms with Gasteiger partial charge in [0.15, 0.2) is 0 Å². The van der Waals surface area contributed by atoms with Gasteiger partial charge in [0.05, 0.1) is 23.5 Å². The van der Waals surface area contributed by atoms with Gasteiger partial charge >= 0.3 is 12.1 Å². The van der Waals surface area contributed by atoms with Crippen LogP contribution >= 0.6 is 0 Å². The van der Waals surface area contributed by atoms with Gasteiger partial charge in [-0.3, -0.25) is 0 Å². The molecule has 0 saturated carbocycles. The summed E-state index contributed by atoms with van der Waals surface area (Å²) in [5.74, 6) is -2.76. The van der Waals surface area contributed by atoms with Crippen LogP contribution in [0.5, 0.6) is 0 Å². The lowest BCUT2D eigenvalue weighted by Crippen LogP contribution is -2.21. The topological polar surface area (TPSA) is 108 Å². The molecule has 10 heteroatoms. The van der Waals surface area contributed by atoms with E-state index in [1.54, 1.807) is 17.1 Å². The van der Waals surface area contributed by atoms with E-state index < -0.39 is 12.1 Å². The molecule has 0 aliphatic carbocycles. The number of alkyl halides is 3. The van der Waals surface area contributed by atoms with Crippen molar-refractivity contribution in [2.24, 2.45) is 0 Å². The zero-order chi connectivity index (χ0) is 21.0. The number of aliphatic carboxylic acids is 1. The zero-order valence-corrected chi connectivity index (χ0v) is 14.6. The van der Waals surface area contributed by atoms with Gasteiger partial charge in [-0.05, 0) is 18.2 Å². The molecule has 3 aromatic heterocycles. The van der Waals surface area contributed by atoms with E-state index in [-0.39, 0.29) is 0 Å². The highest BCUT2D eigenvalue weighted by Gasteiger charge is 2.38. The van der Waals surface area contributed by atoms with E-state index in [2.05, 4.69) is 21.1 Å². The first-order chi connectivity index (χ1) is 13.8. The molecular formula is C19H12F3N5O2. The third kappa shape index (κ3) is 4.24. The third-order valence-corrected chi connectivity index (χ3v) is 3.87. The van der Waals surface area contributed by atoms with Crippen LogP contribution in [0.3, 0.4) is 0 Å². The first kappa shape index (κ1) is 19.6. The number of carboxylic acids is 1. The Morgan fingerprint density at radius 2 is 1.93 bits per heavy atom. The molecule has 0 amide bonds. The van der Waals surface area contributed by atoms with Crippen LogP contribution in [0.15, 0.2) is 61.2 Å². The van der Waals surface area contributed by atoms with Gasteiger partial charge < -0.3 is 10.1 Å². The molecule has 7 nitrogen and oxygen atoms in total. The average molecular weight is 399 g/mol. The lowest BCUT2D eigenvalue weighted by Gasteiger charge is -2.03. The molecular weight excluding hydrogens is 387 g/mol. The van der Waals surface area contributed by atoms with Crippen molar-refractivity contribution in [3.8, 4) is 22.9 Å². The van der Waals surface area contributed by atoms with Crippen molar-refractivity contribution in [1.82, 2.24) is 19.7 Å². The van der Waals surface area contributed by atoms with Crippen molar-refractivity contribution < 1.29 is 23.1 Å². The number of hydrogen-bond donors (Lipinski definition) is 2. The van der Waals surface area contributed by atoms with Crippen molar-refractivity contribution in [2.45, 2.75) is 6.18 Å². The monoisotopic (exact) mass is 399 g/mol. The number of halogens is 3. The lowest BCUT2D eigenvalue weighted by molar-refractivity contribution is -0.192. The molecule has 0 bridgehead atoms. The molecule has 0 aliphatic rings. The first-order valence-corrected chi connectivity index (χ1v) is 8.08. The summed E-state index contributed by atoms with van der Waals surface area (Å²) in [7, 11) is 0. The van der Waals surface area contributed by atoms with E-state index in [0.29, 0.717) is 5.56 Å². The summed E-state index contributed by atoms with van der Waals surface area (Å²) in [4.78, 5) is 16.3. The predicted molar refractivity (Wildman–Crippen MR) is 97.1 cm³/mol. The zero-order valence-electron chi connectivity index (χ0n) is 14.6. The molecule has 146 valence electrons. The standard InChI is InChI=1S/C17H11N5.C2HF3O2/c18-9-12-3-1-2-4-14(12)13-10-21-22(11-13)16-6-8-20-17-15(16)5-7-19-17;3-2(4,5)1(6)7/h1-8,10-11H,(H,19,20);(H,6,7). The van der Waals surface area contributed by atoms with Gasteiger partial charge in [0.2, 0.25) is 0 Å². The van der Waals surface area contributed by atoms with Crippen LogP contribution in [0.25, 0.3) is 27.8 Å². The Labute approximate surface area is 161 Å². The Balaban J connectivity index is 0.000000298. The fourth-order valence-corrected chi connectivity index (χ4v) is 2.57. The van der Waals surface area contributed by atoms with E-state index in [9.17, 15) is 18.4 Å². The minimum atomic E-state index is -5.08. The molecule has 2 N–H and O–H groups in total. The Hall–Kier alpha value is -4.13. The van der Waals surface area contributed by atoms with Gasteiger partial charge in [0.25, 0.3) is 0 Å². The smallest absolute Gasteiger partial charge is 0.475 e. The molecule has 0 saturated heterocycles. The number of aromatic nitrogens is 4. The van der Waals surface area contributed by atoms with Crippen LogP contribution in [-0.4, -0.2) is 37.0 Å². The molecule has 0 fully saturated rings. The number of rotatable bonds is 2. The maximum absolute atomic E-state index is 10.6. The fraction of sp³-hybridized carbons (Fsp3) is 0.0526. The van der Waals surface area contributed by atoms with Gasteiger partial charge in [-0.2, -0.15) is 23.5 Å². The number of nitriles is 1. The van der Waals surface area contributed by atoms with Crippen LogP contribution < -0.4 is 0 Å². The largest absolute Gasteiger partial charge is 0.490 e. The number of aromatic amines is 1. The van der Waals surface area contributed by atoms with E-state index in [1.165, 1.54) is 0 Å². The van der Waals surface area contributed by atoms with Crippen molar-refractivity contribution in [3.63, 3.8) is 0 Å². The minimum absolute atomic E-state index is 0.642. The van der Waals surface area contributed by atoms with Crippen molar-refractivity contribution in [3.05, 3.63) is 66.7 Å². The summed E-state index contributed by atoms with van der Waals surface area (Å²) >= 11 is 0. The predicted octanol–water partition coefficient (Wildman–Crippen LogP) is 3.92. The fourth-order valence-electron chi connectivity index (χ4n) is 2.57. The number of nitrogens with zero attached hydrogens (tertiary/aromatic N) is 4. The number of nitrogens with one attached hydrogen (secondary N) is 1. The van der Waals surface area contributed by atoms with Crippen LogP contribution in [0.4, 0.5) is 13.2 Å². The van der Waals surface area contributed by atoms with Gasteiger partial charge in [-0.25, -0.2) is 14.5 Å². The maximum atomic E-state index is 10.6. The van der Waals surface area contributed by atoms with E-state index in [4.69, 9.17) is 9.90 Å². The van der Waals surface area contributed by atoms with Crippen molar-refractivity contribution >= 4 is 17.0 Å². The number of carboxylic acid groups (broad SMARTS) is 1. The van der Waals surface area contributed by atoms with Gasteiger partial charge in [0, 0.05) is 35.1 Å². The van der Waals surface area contributed by atoms with Crippen molar-refractivity contribution in [1.29, 1.82) is 5.26 Å². The number of H-pyrrole nitrogens is 1. The molecule has 0 aliphatic heterocycles. The summed E-state index contributed by atoms with van der Waals surface area (Å²) in [5.41, 5.74) is 4.22. The Morgan fingerprint density at radius 3 is 2.62 bits per heavy atom. The molecule has 4 aromatic rings. The van der Waals surface area contributed by atoms with Gasteiger partial charge in [0.1, 0.15) is 5.65 Å². The highest BCUT2D eigenvalue weighted by molar-refractivity contribution is 5.84. The highest BCUT2D eigenvalue weighted by Crippen LogP contribution is 2.25. The van der Waals surface area contributed by atoms with Crippen molar-refractivity contribution in [2.75, 3.05) is 0 Å². The maximum Gasteiger partial charge on any atom is 0.490 e. The number of carbonyl (C=O) groups is 1. The second-order valence-electron chi connectivity index (χ2n) is 5.70. The summed E-state index contributed by atoms with van der Waals surface area (Å²) in [5, 5.41) is 21.8. The lowest BCUT2D eigenvalue weighted by atomic mass is 10.0. The molecule has 0 atom stereocenters. The Bertz CT molecular complexity index is 1200. The molecule has 0 radical (unpaired) electrons. The molecule has 29 heavy (non-hydrogen) atoms. The third-order valence-electron chi connectivity index (χ3n) is 3.87. The van der Waals surface area contributed by atoms with E-state index in [1.807, 2.05) is 48.8 Å². The van der Waals surface area contributed by atoms with Crippen LogP contribution in [0, 0.1) is 11.3 Å². The van der Waals surface area contributed by atoms with E-state index >= 15 is 0 Å². The summed E-state index contributed by atoms with van der Waals surface area (Å²) in [6.45, 7) is 0. The Kier molecular flexibility index (Phi) is 5.32. The molecule has 0 spiro atoms. The SMILES string of the molecule is N#Cc1ccccc1-c1cnn(-c2ccnc3[nH]ccc23)c1.O=C(O)C(F)(F)F. The second-order valence-corrected chi connectivity index (χ2v) is 5.70. The second kappa shape index (κ2) is 7.85. The average Bonchev–Trinajstić information content (AvgIpc) is 3.37. The number of hydrogen-bond acceptors (Lipinski definition) is 4. The number of fused-ring (bicyclic) bond motifs is 1. The summed E-state index contributed by atoms with van der Waals surface area (Å²) in [6.07, 6.45) is 2.22. The van der Waals surface area contributed by atoms with Crippen LogP contribution in [0.1, 0.15) is 5.56 Å². The minimum Gasteiger partial charge on any atom is -0.475 e. The molecule has 1 aromatic carbocycles. The van der Waals surface area contributed by atoms with E-state index in [0.717, 1.165) is 27.8 Å². The normalized spacial score (nSPS) is 10.8. The quantitative estimate of drug-likeness (QED) is 0.531. The molecule has 4 rings (SSSR count). The van der Waals surface area contributed by atoms with Gasteiger partial charge in [-0.1, -0.05) is 18.2 Å². The molecule has 0 unspecified atom stereocenters. The first-order valence-electron chi connectivity index (χ1n) is 8.08. The number of benzene rings is 1. The summed E-state index contributed by atoms with van der Waals surface area (Å²) in [6, 6.07) is 13.6. The van der Waals surface area contributed by atoms with Crippen LogP contribution in [0.2, 0.25) is 0 Å². The Morgan fingerprint density at radius 1 is 1.21 bits per heavy atom. The molecule has 3 heterocycles. The van der Waals surface area contributed by atoms with Gasteiger partial charge in [-0.15, -0.1) is 0 Å². The highest BCUT2D eigenvalue weighted by atomic mass is 19.4. The summed E-state index contributed by atoms with van der Waals surface area (Å²) < 4.78 is 33.5. The number of pyridine rings is 1.